The van der Waals surface area contributed by atoms with Gasteiger partial charge in [0.05, 0.1) is 17.2 Å². The van der Waals surface area contributed by atoms with E-state index in [2.05, 4.69) is 18.7 Å². The van der Waals surface area contributed by atoms with Crippen LogP contribution in [0.25, 0.3) is 0 Å². The molecule has 1 aromatic heterocycles. The van der Waals surface area contributed by atoms with E-state index in [1.807, 2.05) is 0 Å². The summed E-state index contributed by atoms with van der Waals surface area (Å²) in [5.74, 6) is 1.35. The summed E-state index contributed by atoms with van der Waals surface area (Å²) in [5.41, 5.74) is 1.13. The SMILES string of the molecule is CCC(C)c1nc(N(CC2CC2)C2CC2)sc1CO. The molecule has 0 spiro atoms. The van der Waals surface area contributed by atoms with E-state index in [1.54, 1.807) is 11.3 Å². The Morgan fingerprint density at radius 1 is 1.37 bits per heavy atom. The molecule has 106 valence electrons. The Hall–Kier alpha value is -0.610. The maximum atomic E-state index is 9.56. The summed E-state index contributed by atoms with van der Waals surface area (Å²) in [7, 11) is 0. The van der Waals surface area contributed by atoms with Gasteiger partial charge in [0.15, 0.2) is 5.13 Å². The maximum absolute atomic E-state index is 9.56. The minimum absolute atomic E-state index is 0.138. The van der Waals surface area contributed by atoms with Gasteiger partial charge < -0.3 is 10.0 Å². The van der Waals surface area contributed by atoms with Crippen LogP contribution in [0.3, 0.4) is 0 Å². The Kier molecular flexibility index (Phi) is 3.81. The monoisotopic (exact) mass is 280 g/mol. The maximum Gasteiger partial charge on any atom is 0.186 e. The second-order valence-electron chi connectivity index (χ2n) is 6.10. The van der Waals surface area contributed by atoms with E-state index in [0.29, 0.717) is 5.92 Å². The van der Waals surface area contributed by atoms with E-state index >= 15 is 0 Å². The first-order valence-electron chi connectivity index (χ1n) is 7.60. The average molecular weight is 280 g/mol. The molecule has 1 atom stereocenters. The van der Waals surface area contributed by atoms with E-state index in [0.717, 1.165) is 34.1 Å². The van der Waals surface area contributed by atoms with E-state index in [9.17, 15) is 5.11 Å². The van der Waals surface area contributed by atoms with Crippen molar-refractivity contribution >= 4 is 16.5 Å². The van der Waals surface area contributed by atoms with Gasteiger partial charge in [-0.05, 0) is 43.9 Å². The van der Waals surface area contributed by atoms with Crippen molar-refractivity contribution < 1.29 is 5.11 Å². The summed E-state index contributed by atoms with van der Waals surface area (Å²) >= 11 is 1.71. The van der Waals surface area contributed by atoms with Crippen LogP contribution in [0.1, 0.15) is 62.4 Å². The number of aliphatic hydroxyl groups excluding tert-OH is 1. The fraction of sp³-hybridized carbons (Fsp3) is 0.800. The largest absolute Gasteiger partial charge is 0.391 e. The Morgan fingerprint density at radius 3 is 2.63 bits per heavy atom. The standard InChI is InChI=1S/C15H24N2OS/c1-3-10(2)14-13(9-18)19-15(16-14)17(12-6-7-12)8-11-4-5-11/h10-12,18H,3-9H2,1-2H3. The molecule has 1 aromatic rings. The summed E-state index contributed by atoms with van der Waals surface area (Å²) in [4.78, 5) is 8.47. The lowest BCUT2D eigenvalue weighted by Crippen LogP contribution is -2.27. The van der Waals surface area contributed by atoms with Gasteiger partial charge in [0, 0.05) is 12.6 Å². The molecule has 4 heteroatoms. The predicted molar refractivity (Wildman–Crippen MR) is 79.8 cm³/mol. The van der Waals surface area contributed by atoms with Crippen LogP contribution in [-0.4, -0.2) is 22.7 Å². The molecule has 0 amide bonds. The van der Waals surface area contributed by atoms with Gasteiger partial charge in [-0.3, -0.25) is 0 Å². The van der Waals surface area contributed by atoms with E-state index in [4.69, 9.17) is 4.98 Å². The molecule has 0 bridgehead atoms. The zero-order valence-electron chi connectivity index (χ0n) is 11.9. The van der Waals surface area contributed by atoms with Gasteiger partial charge in [-0.15, -0.1) is 0 Å². The molecule has 2 fully saturated rings. The molecule has 0 aromatic carbocycles. The fourth-order valence-corrected chi connectivity index (χ4v) is 3.63. The van der Waals surface area contributed by atoms with Crippen molar-refractivity contribution in [3.63, 3.8) is 0 Å². The first-order valence-corrected chi connectivity index (χ1v) is 8.41. The number of thiazole rings is 1. The molecule has 19 heavy (non-hydrogen) atoms. The van der Waals surface area contributed by atoms with Crippen molar-refractivity contribution in [1.82, 2.24) is 4.98 Å². The average Bonchev–Trinajstić information content (AvgIpc) is 3.32. The van der Waals surface area contributed by atoms with Gasteiger partial charge in [-0.1, -0.05) is 25.2 Å². The smallest absolute Gasteiger partial charge is 0.186 e. The summed E-state index contributed by atoms with van der Waals surface area (Å²) in [6.07, 6.45) is 6.50. The second-order valence-corrected chi connectivity index (χ2v) is 7.16. The van der Waals surface area contributed by atoms with Gasteiger partial charge >= 0.3 is 0 Å². The number of rotatable bonds is 7. The highest BCUT2D eigenvalue weighted by atomic mass is 32.1. The number of aliphatic hydroxyl groups is 1. The lowest BCUT2D eigenvalue weighted by atomic mass is 10.0. The zero-order valence-corrected chi connectivity index (χ0v) is 12.7. The number of anilines is 1. The molecule has 1 heterocycles. The normalized spacial score (nSPS) is 20.6. The first-order chi connectivity index (χ1) is 9.22. The molecule has 2 aliphatic carbocycles. The van der Waals surface area contributed by atoms with E-state index in [1.165, 1.54) is 32.2 Å². The molecular weight excluding hydrogens is 256 g/mol. The third-order valence-electron chi connectivity index (χ3n) is 4.32. The molecule has 1 N–H and O–H groups in total. The second kappa shape index (κ2) is 5.41. The molecule has 2 aliphatic rings. The molecule has 0 aliphatic heterocycles. The van der Waals surface area contributed by atoms with E-state index < -0.39 is 0 Å². The van der Waals surface area contributed by atoms with Crippen LogP contribution in [0.15, 0.2) is 0 Å². The van der Waals surface area contributed by atoms with Crippen molar-refractivity contribution in [3.8, 4) is 0 Å². The Balaban J connectivity index is 1.83. The molecule has 0 saturated heterocycles. The van der Waals surface area contributed by atoms with Crippen LogP contribution in [0, 0.1) is 5.92 Å². The van der Waals surface area contributed by atoms with Gasteiger partial charge in [-0.2, -0.15) is 0 Å². The number of nitrogens with zero attached hydrogens (tertiary/aromatic N) is 2. The molecule has 3 rings (SSSR count). The van der Waals surface area contributed by atoms with E-state index in [-0.39, 0.29) is 6.61 Å². The lowest BCUT2D eigenvalue weighted by Gasteiger charge is -2.21. The van der Waals surface area contributed by atoms with Gasteiger partial charge in [0.25, 0.3) is 0 Å². The number of hydrogen-bond acceptors (Lipinski definition) is 4. The zero-order chi connectivity index (χ0) is 13.4. The van der Waals surface area contributed by atoms with Crippen molar-refractivity contribution in [2.24, 2.45) is 5.92 Å². The summed E-state index contributed by atoms with van der Waals surface area (Å²) in [5, 5.41) is 10.7. The van der Waals surface area contributed by atoms with Crippen LogP contribution < -0.4 is 4.90 Å². The highest BCUT2D eigenvalue weighted by Crippen LogP contribution is 2.41. The summed E-state index contributed by atoms with van der Waals surface area (Å²) in [6.45, 7) is 5.72. The quantitative estimate of drug-likeness (QED) is 0.830. The highest BCUT2D eigenvalue weighted by Gasteiger charge is 2.35. The fourth-order valence-electron chi connectivity index (χ4n) is 2.51. The molecule has 1 unspecified atom stereocenters. The minimum Gasteiger partial charge on any atom is -0.391 e. The van der Waals surface area contributed by atoms with Crippen LogP contribution in [-0.2, 0) is 6.61 Å². The van der Waals surface area contributed by atoms with Crippen LogP contribution >= 0.6 is 11.3 Å². The number of aromatic nitrogens is 1. The molecule has 2 saturated carbocycles. The first kappa shape index (κ1) is 13.4. The van der Waals surface area contributed by atoms with Crippen molar-refractivity contribution in [2.75, 3.05) is 11.4 Å². The minimum atomic E-state index is 0.138. The number of hydrogen-bond donors (Lipinski definition) is 1. The van der Waals surface area contributed by atoms with Crippen molar-refractivity contribution in [2.45, 2.75) is 64.5 Å². The Labute approximate surface area is 119 Å². The third-order valence-corrected chi connectivity index (χ3v) is 5.42. The van der Waals surface area contributed by atoms with Crippen LogP contribution in [0.2, 0.25) is 0 Å². The molecule has 0 radical (unpaired) electrons. The van der Waals surface area contributed by atoms with Gasteiger partial charge in [0.2, 0.25) is 0 Å². The lowest BCUT2D eigenvalue weighted by molar-refractivity contribution is 0.283. The van der Waals surface area contributed by atoms with Gasteiger partial charge in [-0.25, -0.2) is 4.98 Å². The summed E-state index contributed by atoms with van der Waals surface area (Å²) in [6, 6.07) is 0.725. The molecule has 3 nitrogen and oxygen atoms in total. The third kappa shape index (κ3) is 2.95. The summed E-state index contributed by atoms with van der Waals surface area (Å²) < 4.78 is 0. The van der Waals surface area contributed by atoms with Crippen molar-refractivity contribution in [1.29, 1.82) is 0 Å². The van der Waals surface area contributed by atoms with Gasteiger partial charge in [0.1, 0.15) is 0 Å². The van der Waals surface area contributed by atoms with Crippen LogP contribution in [0.5, 0.6) is 0 Å². The van der Waals surface area contributed by atoms with Crippen LogP contribution in [0.4, 0.5) is 5.13 Å². The topological polar surface area (TPSA) is 36.4 Å². The Morgan fingerprint density at radius 2 is 2.11 bits per heavy atom. The highest BCUT2D eigenvalue weighted by molar-refractivity contribution is 7.15. The molecular formula is C15H24N2OS. The van der Waals surface area contributed by atoms with Crippen molar-refractivity contribution in [3.05, 3.63) is 10.6 Å². The Bertz CT molecular complexity index is 437. The predicted octanol–water partition coefficient (Wildman–Crippen LogP) is 3.53.